The molecule has 2 aromatic carbocycles. The molecule has 2 aromatic rings. The van der Waals surface area contributed by atoms with Crippen LogP contribution in [0.15, 0.2) is 54.6 Å². The number of ether oxygens (including phenoxy) is 1. The summed E-state index contributed by atoms with van der Waals surface area (Å²) in [6, 6.07) is 17.5. The van der Waals surface area contributed by atoms with Crippen LogP contribution in [0, 0.1) is 0 Å². The number of carbonyl (C=O) groups excluding carboxylic acids is 2. The van der Waals surface area contributed by atoms with Crippen molar-refractivity contribution in [2.45, 2.75) is 32.2 Å². The normalized spacial score (nSPS) is 17.0. The zero-order valence-corrected chi connectivity index (χ0v) is 13.8. The third-order valence-corrected chi connectivity index (χ3v) is 4.38. The molecule has 0 saturated carbocycles. The first kappa shape index (κ1) is 16.2. The van der Waals surface area contributed by atoms with Crippen molar-refractivity contribution in [3.63, 3.8) is 0 Å². The zero-order chi connectivity index (χ0) is 16.9. The van der Waals surface area contributed by atoms with Gasteiger partial charge in [0.1, 0.15) is 6.61 Å². The molecule has 4 heteroatoms. The van der Waals surface area contributed by atoms with Gasteiger partial charge < -0.3 is 4.74 Å². The van der Waals surface area contributed by atoms with Gasteiger partial charge in [-0.2, -0.15) is 0 Å². The SMILES string of the molecule is CCc1ccccc1CC(=O)N1C(=O)OC[C@H]1Cc1ccccc1. The Morgan fingerprint density at radius 1 is 1.08 bits per heavy atom. The van der Waals surface area contributed by atoms with Crippen LogP contribution in [0.1, 0.15) is 23.6 Å². The fourth-order valence-electron chi connectivity index (χ4n) is 3.13. The molecule has 4 nitrogen and oxygen atoms in total. The number of amides is 2. The Balaban J connectivity index is 1.75. The molecule has 1 fully saturated rings. The second-order valence-electron chi connectivity index (χ2n) is 5.98. The van der Waals surface area contributed by atoms with Crippen LogP contribution in [0.5, 0.6) is 0 Å². The molecule has 1 saturated heterocycles. The molecule has 0 radical (unpaired) electrons. The lowest BCUT2D eigenvalue weighted by Gasteiger charge is -2.20. The van der Waals surface area contributed by atoms with Crippen LogP contribution in [0.2, 0.25) is 0 Å². The summed E-state index contributed by atoms with van der Waals surface area (Å²) < 4.78 is 5.13. The van der Waals surface area contributed by atoms with E-state index in [4.69, 9.17) is 4.74 Å². The molecule has 0 unspecified atom stereocenters. The van der Waals surface area contributed by atoms with E-state index in [0.717, 1.165) is 23.1 Å². The topological polar surface area (TPSA) is 46.6 Å². The van der Waals surface area contributed by atoms with E-state index in [2.05, 4.69) is 6.92 Å². The van der Waals surface area contributed by atoms with E-state index in [1.54, 1.807) is 0 Å². The second-order valence-corrected chi connectivity index (χ2v) is 5.98. The smallest absolute Gasteiger partial charge is 0.416 e. The van der Waals surface area contributed by atoms with Crippen molar-refractivity contribution in [2.24, 2.45) is 0 Å². The predicted molar refractivity (Wildman–Crippen MR) is 91.7 cm³/mol. The molecule has 0 spiro atoms. The molecule has 1 aliphatic heterocycles. The molecule has 1 aliphatic rings. The third-order valence-electron chi connectivity index (χ3n) is 4.38. The van der Waals surface area contributed by atoms with Crippen molar-refractivity contribution < 1.29 is 14.3 Å². The maximum absolute atomic E-state index is 12.7. The summed E-state index contributed by atoms with van der Waals surface area (Å²) in [6.07, 6.45) is 1.18. The fourth-order valence-corrected chi connectivity index (χ4v) is 3.13. The summed E-state index contributed by atoms with van der Waals surface area (Å²) in [6.45, 7) is 2.32. The molecule has 3 rings (SSSR count). The molecule has 0 aromatic heterocycles. The van der Waals surface area contributed by atoms with Crippen molar-refractivity contribution in [3.05, 3.63) is 71.3 Å². The van der Waals surface area contributed by atoms with Gasteiger partial charge in [0.05, 0.1) is 12.5 Å². The van der Waals surface area contributed by atoms with Gasteiger partial charge in [-0.05, 0) is 29.5 Å². The number of carbonyl (C=O) groups is 2. The number of aryl methyl sites for hydroxylation is 1. The summed E-state index contributed by atoms with van der Waals surface area (Å²) in [5.74, 6) is -0.195. The molecule has 124 valence electrons. The van der Waals surface area contributed by atoms with Crippen molar-refractivity contribution in [1.82, 2.24) is 4.90 Å². The van der Waals surface area contributed by atoms with Gasteiger partial charge >= 0.3 is 6.09 Å². The summed E-state index contributed by atoms with van der Waals surface area (Å²) >= 11 is 0. The summed E-state index contributed by atoms with van der Waals surface area (Å²) in [7, 11) is 0. The minimum Gasteiger partial charge on any atom is -0.447 e. The van der Waals surface area contributed by atoms with Crippen molar-refractivity contribution >= 4 is 12.0 Å². The molecular formula is C20H21NO3. The first-order valence-corrected chi connectivity index (χ1v) is 8.28. The van der Waals surface area contributed by atoms with E-state index in [0.29, 0.717) is 6.42 Å². The quantitative estimate of drug-likeness (QED) is 0.847. The van der Waals surface area contributed by atoms with Crippen LogP contribution in [0.4, 0.5) is 4.79 Å². The van der Waals surface area contributed by atoms with Gasteiger partial charge in [-0.1, -0.05) is 61.5 Å². The Kier molecular flexibility index (Phi) is 4.94. The molecule has 1 atom stereocenters. The number of cyclic esters (lactones) is 1. The first-order chi connectivity index (χ1) is 11.7. The lowest BCUT2D eigenvalue weighted by molar-refractivity contribution is -0.128. The minimum absolute atomic E-state index is 0.195. The minimum atomic E-state index is -0.532. The van der Waals surface area contributed by atoms with E-state index in [1.165, 1.54) is 4.90 Å². The standard InChI is InChI=1S/C20H21NO3/c1-2-16-10-6-7-11-17(16)13-19(22)21-18(14-24-20(21)23)12-15-8-4-3-5-9-15/h3-11,18H,2,12-14H2,1H3/t18-/m1/s1. The Morgan fingerprint density at radius 3 is 2.46 bits per heavy atom. The van der Waals surface area contributed by atoms with Crippen LogP contribution in [0.3, 0.4) is 0 Å². The zero-order valence-electron chi connectivity index (χ0n) is 13.8. The van der Waals surface area contributed by atoms with Gasteiger partial charge in [-0.15, -0.1) is 0 Å². The average molecular weight is 323 g/mol. The maximum atomic E-state index is 12.7. The number of imide groups is 1. The number of rotatable bonds is 5. The highest BCUT2D eigenvalue weighted by atomic mass is 16.6. The Labute approximate surface area is 142 Å². The highest BCUT2D eigenvalue weighted by Crippen LogP contribution is 2.20. The molecular weight excluding hydrogens is 302 g/mol. The monoisotopic (exact) mass is 323 g/mol. The van der Waals surface area contributed by atoms with E-state index in [-0.39, 0.29) is 25.0 Å². The Hall–Kier alpha value is -2.62. The van der Waals surface area contributed by atoms with Crippen LogP contribution < -0.4 is 0 Å². The van der Waals surface area contributed by atoms with Crippen LogP contribution in [-0.2, 0) is 28.8 Å². The fraction of sp³-hybridized carbons (Fsp3) is 0.300. The second kappa shape index (κ2) is 7.30. The van der Waals surface area contributed by atoms with E-state index in [1.807, 2.05) is 54.6 Å². The van der Waals surface area contributed by atoms with E-state index >= 15 is 0 Å². The lowest BCUT2D eigenvalue weighted by atomic mass is 10.0. The summed E-state index contributed by atoms with van der Waals surface area (Å²) in [5.41, 5.74) is 3.20. The highest BCUT2D eigenvalue weighted by molar-refractivity contribution is 5.94. The number of hydrogen-bond donors (Lipinski definition) is 0. The Morgan fingerprint density at radius 2 is 1.75 bits per heavy atom. The molecule has 24 heavy (non-hydrogen) atoms. The first-order valence-electron chi connectivity index (χ1n) is 8.28. The van der Waals surface area contributed by atoms with Gasteiger partial charge in [0.15, 0.2) is 0 Å². The molecule has 0 N–H and O–H groups in total. The summed E-state index contributed by atoms with van der Waals surface area (Å²) in [4.78, 5) is 26.1. The van der Waals surface area contributed by atoms with Gasteiger partial charge in [-0.25, -0.2) is 9.69 Å². The molecule has 0 aliphatic carbocycles. The Bertz CT molecular complexity index is 727. The van der Waals surface area contributed by atoms with Gasteiger partial charge in [-0.3, -0.25) is 4.79 Å². The van der Waals surface area contributed by atoms with Crippen molar-refractivity contribution in [3.8, 4) is 0 Å². The third kappa shape index (κ3) is 3.48. The van der Waals surface area contributed by atoms with Crippen molar-refractivity contribution in [2.75, 3.05) is 6.61 Å². The average Bonchev–Trinajstić information content (AvgIpc) is 2.96. The van der Waals surface area contributed by atoms with Crippen LogP contribution >= 0.6 is 0 Å². The lowest BCUT2D eigenvalue weighted by Crippen LogP contribution is -2.41. The molecule has 2 amide bonds. The largest absolute Gasteiger partial charge is 0.447 e. The van der Waals surface area contributed by atoms with Crippen molar-refractivity contribution in [1.29, 1.82) is 0 Å². The van der Waals surface area contributed by atoms with E-state index < -0.39 is 6.09 Å². The van der Waals surface area contributed by atoms with E-state index in [9.17, 15) is 9.59 Å². The molecule has 0 bridgehead atoms. The van der Waals surface area contributed by atoms with Crippen LogP contribution in [-0.4, -0.2) is 29.5 Å². The highest BCUT2D eigenvalue weighted by Gasteiger charge is 2.37. The maximum Gasteiger partial charge on any atom is 0.416 e. The number of hydrogen-bond acceptors (Lipinski definition) is 3. The number of nitrogens with zero attached hydrogens (tertiary/aromatic N) is 1. The molecule has 1 heterocycles. The summed E-state index contributed by atoms with van der Waals surface area (Å²) in [5, 5.41) is 0. The van der Waals surface area contributed by atoms with Gasteiger partial charge in [0.25, 0.3) is 0 Å². The van der Waals surface area contributed by atoms with Gasteiger partial charge in [0.2, 0.25) is 5.91 Å². The van der Waals surface area contributed by atoms with Crippen LogP contribution in [0.25, 0.3) is 0 Å². The number of benzene rings is 2. The predicted octanol–water partition coefficient (Wildman–Crippen LogP) is 3.38. The van der Waals surface area contributed by atoms with Gasteiger partial charge in [0, 0.05) is 0 Å².